The summed E-state index contributed by atoms with van der Waals surface area (Å²) in [6, 6.07) is 10.2. The number of rotatable bonds is 4. The number of nitrogens with two attached hydrogens (primary N) is 1. The number of benzene rings is 1. The van der Waals surface area contributed by atoms with E-state index in [2.05, 4.69) is 27.1 Å². The first kappa shape index (κ1) is 12.2. The Kier molecular flexibility index (Phi) is 3.48. The van der Waals surface area contributed by atoms with Gasteiger partial charge in [-0.1, -0.05) is 41.7 Å². The predicted molar refractivity (Wildman–Crippen MR) is 76.9 cm³/mol. The van der Waals surface area contributed by atoms with Crippen LogP contribution in [0.1, 0.15) is 23.0 Å². The smallest absolute Gasteiger partial charge is 0.189 e. The lowest BCUT2D eigenvalue weighted by molar-refractivity contribution is 0.650. The standard InChI is InChI=1S/C14H14N4S/c15-11(10-4-2-1-3-5-10)6-7-12-18-13-14(19-12)17-9-8-16-13/h1-5,8-9,11H,6-7,15H2. The van der Waals surface area contributed by atoms with Crippen LogP contribution in [-0.2, 0) is 6.42 Å². The summed E-state index contributed by atoms with van der Waals surface area (Å²) in [6.45, 7) is 0. The van der Waals surface area contributed by atoms with Gasteiger partial charge in [0.05, 0.1) is 5.01 Å². The van der Waals surface area contributed by atoms with Gasteiger partial charge in [-0.15, -0.1) is 0 Å². The van der Waals surface area contributed by atoms with Gasteiger partial charge in [-0.2, -0.15) is 0 Å². The summed E-state index contributed by atoms with van der Waals surface area (Å²) in [5.41, 5.74) is 8.08. The van der Waals surface area contributed by atoms with Crippen LogP contribution >= 0.6 is 11.3 Å². The quantitative estimate of drug-likeness (QED) is 0.791. The van der Waals surface area contributed by atoms with Crippen LogP contribution in [0.5, 0.6) is 0 Å². The van der Waals surface area contributed by atoms with Crippen LogP contribution in [0, 0.1) is 0 Å². The second-order valence-electron chi connectivity index (χ2n) is 4.35. The van der Waals surface area contributed by atoms with E-state index >= 15 is 0 Å². The van der Waals surface area contributed by atoms with Crippen LogP contribution in [0.4, 0.5) is 0 Å². The third-order valence-corrected chi connectivity index (χ3v) is 4.00. The van der Waals surface area contributed by atoms with Gasteiger partial charge in [0.1, 0.15) is 0 Å². The minimum absolute atomic E-state index is 0.0501. The van der Waals surface area contributed by atoms with Crippen LogP contribution in [0.25, 0.3) is 10.5 Å². The van der Waals surface area contributed by atoms with E-state index in [0.29, 0.717) is 0 Å². The summed E-state index contributed by atoms with van der Waals surface area (Å²) in [5.74, 6) is 0. The first-order valence-corrected chi connectivity index (χ1v) is 7.01. The molecule has 96 valence electrons. The van der Waals surface area contributed by atoms with Gasteiger partial charge in [0.15, 0.2) is 10.5 Å². The SMILES string of the molecule is NC(CCc1nc2nccnc2s1)c1ccccc1. The molecule has 19 heavy (non-hydrogen) atoms. The van der Waals surface area contributed by atoms with Crippen molar-refractivity contribution in [1.82, 2.24) is 15.0 Å². The molecule has 0 aliphatic carbocycles. The van der Waals surface area contributed by atoms with Crippen molar-refractivity contribution in [2.45, 2.75) is 18.9 Å². The molecule has 0 saturated heterocycles. The Labute approximate surface area is 115 Å². The highest BCUT2D eigenvalue weighted by Gasteiger charge is 2.09. The zero-order valence-electron chi connectivity index (χ0n) is 10.4. The summed E-state index contributed by atoms with van der Waals surface area (Å²) in [7, 11) is 0. The van der Waals surface area contributed by atoms with Crippen molar-refractivity contribution < 1.29 is 0 Å². The number of nitrogens with zero attached hydrogens (tertiary/aromatic N) is 3. The lowest BCUT2D eigenvalue weighted by Crippen LogP contribution is -2.10. The molecule has 4 nitrogen and oxygen atoms in total. The van der Waals surface area contributed by atoms with Crippen molar-refractivity contribution in [2.75, 3.05) is 0 Å². The third-order valence-electron chi connectivity index (χ3n) is 2.99. The van der Waals surface area contributed by atoms with Crippen LogP contribution in [0.2, 0.25) is 0 Å². The fraction of sp³-hybridized carbons (Fsp3) is 0.214. The van der Waals surface area contributed by atoms with Crippen LogP contribution in [0.15, 0.2) is 42.7 Å². The lowest BCUT2D eigenvalue weighted by Gasteiger charge is -2.10. The normalized spacial score (nSPS) is 12.7. The van der Waals surface area contributed by atoms with Gasteiger partial charge >= 0.3 is 0 Å². The average Bonchev–Trinajstić information content (AvgIpc) is 2.88. The highest BCUT2D eigenvalue weighted by molar-refractivity contribution is 7.18. The molecular weight excluding hydrogens is 256 g/mol. The summed E-state index contributed by atoms with van der Waals surface area (Å²) in [4.78, 5) is 13.8. The molecule has 0 spiro atoms. The third kappa shape index (κ3) is 2.77. The van der Waals surface area contributed by atoms with Crippen molar-refractivity contribution in [3.05, 3.63) is 53.3 Å². The average molecular weight is 270 g/mol. The van der Waals surface area contributed by atoms with E-state index in [0.717, 1.165) is 28.3 Å². The monoisotopic (exact) mass is 270 g/mol. The van der Waals surface area contributed by atoms with E-state index in [-0.39, 0.29) is 6.04 Å². The zero-order valence-corrected chi connectivity index (χ0v) is 11.2. The van der Waals surface area contributed by atoms with Crippen molar-refractivity contribution in [2.24, 2.45) is 5.73 Å². The summed E-state index contributed by atoms with van der Waals surface area (Å²) >= 11 is 1.59. The molecule has 0 fully saturated rings. The van der Waals surface area contributed by atoms with E-state index in [1.54, 1.807) is 23.7 Å². The van der Waals surface area contributed by atoms with Gasteiger partial charge < -0.3 is 5.73 Å². The van der Waals surface area contributed by atoms with Crippen LogP contribution in [-0.4, -0.2) is 15.0 Å². The maximum atomic E-state index is 6.18. The van der Waals surface area contributed by atoms with E-state index in [1.807, 2.05) is 18.2 Å². The molecular formula is C14H14N4S. The van der Waals surface area contributed by atoms with Gasteiger partial charge in [0.2, 0.25) is 0 Å². The van der Waals surface area contributed by atoms with Crippen molar-refractivity contribution in [3.8, 4) is 0 Å². The summed E-state index contributed by atoms with van der Waals surface area (Å²) < 4.78 is 0. The Bertz CT molecular complexity index is 632. The van der Waals surface area contributed by atoms with Crippen molar-refractivity contribution in [3.63, 3.8) is 0 Å². The first-order chi connectivity index (χ1) is 9.33. The van der Waals surface area contributed by atoms with Crippen molar-refractivity contribution in [1.29, 1.82) is 0 Å². The van der Waals surface area contributed by atoms with Gasteiger partial charge in [0, 0.05) is 24.9 Å². The molecule has 0 amide bonds. The van der Waals surface area contributed by atoms with Gasteiger partial charge in [-0.3, -0.25) is 0 Å². The van der Waals surface area contributed by atoms with Crippen LogP contribution in [0.3, 0.4) is 0 Å². The number of aromatic nitrogens is 3. The Balaban J connectivity index is 1.69. The van der Waals surface area contributed by atoms with Gasteiger partial charge in [-0.05, 0) is 12.0 Å². The maximum absolute atomic E-state index is 6.18. The second-order valence-corrected chi connectivity index (χ2v) is 5.41. The Morgan fingerprint density at radius 2 is 1.89 bits per heavy atom. The molecule has 0 saturated carbocycles. The minimum atomic E-state index is 0.0501. The molecule has 0 radical (unpaired) electrons. The molecule has 3 rings (SSSR count). The molecule has 0 bridgehead atoms. The number of hydrogen-bond donors (Lipinski definition) is 1. The lowest BCUT2D eigenvalue weighted by atomic mass is 10.0. The Hall–Kier alpha value is -1.85. The molecule has 3 aromatic rings. The number of aryl methyl sites for hydroxylation is 1. The summed E-state index contributed by atoms with van der Waals surface area (Å²) in [5, 5.41) is 1.05. The van der Waals surface area contributed by atoms with Crippen molar-refractivity contribution >= 4 is 21.8 Å². The van der Waals surface area contributed by atoms with E-state index < -0.39 is 0 Å². The van der Waals surface area contributed by atoms with Crippen LogP contribution < -0.4 is 5.73 Å². The second kappa shape index (κ2) is 5.42. The maximum Gasteiger partial charge on any atom is 0.189 e. The minimum Gasteiger partial charge on any atom is -0.324 e. The molecule has 2 aromatic heterocycles. The summed E-state index contributed by atoms with van der Waals surface area (Å²) in [6.07, 6.45) is 5.10. The number of hydrogen-bond acceptors (Lipinski definition) is 5. The molecule has 2 N–H and O–H groups in total. The topological polar surface area (TPSA) is 64.7 Å². The Morgan fingerprint density at radius 3 is 2.68 bits per heavy atom. The number of thiazole rings is 1. The highest BCUT2D eigenvalue weighted by atomic mass is 32.1. The van der Waals surface area contributed by atoms with Gasteiger partial charge in [-0.25, -0.2) is 15.0 Å². The number of fused-ring (bicyclic) bond motifs is 1. The highest BCUT2D eigenvalue weighted by Crippen LogP contribution is 2.21. The van der Waals surface area contributed by atoms with E-state index in [4.69, 9.17) is 5.73 Å². The molecule has 5 heteroatoms. The fourth-order valence-corrected chi connectivity index (χ4v) is 2.85. The molecule has 1 unspecified atom stereocenters. The molecule has 1 atom stereocenters. The molecule has 2 heterocycles. The first-order valence-electron chi connectivity index (χ1n) is 6.20. The molecule has 1 aromatic carbocycles. The van der Waals surface area contributed by atoms with E-state index in [9.17, 15) is 0 Å². The zero-order chi connectivity index (χ0) is 13.1. The van der Waals surface area contributed by atoms with Gasteiger partial charge in [0.25, 0.3) is 0 Å². The van der Waals surface area contributed by atoms with E-state index in [1.165, 1.54) is 5.56 Å². The largest absolute Gasteiger partial charge is 0.324 e. The molecule has 0 aliphatic rings. The Morgan fingerprint density at radius 1 is 1.11 bits per heavy atom. The molecule has 0 aliphatic heterocycles. The predicted octanol–water partition coefficient (Wildman–Crippen LogP) is 2.72. The fourth-order valence-electron chi connectivity index (χ4n) is 1.97.